The van der Waals surface area contributed by atoms with Gasteiger partial charge in [0.25, 0.3) is 0 Å². The fourth-order valence-corrected chi connectivity index (χ4v) is 2.38. The molecule has 0 saturated heterocycles. The molecule has 6 heteroatoms. The van der Waals surface area contributed by atoms with Gasteiger partial charge < -0.3 is 5.32 Å². The first-order valence-corrected chi connectivity index (χ1v) is 7.74. The van der Waals surface area contributed by atoms with E-state index < -0.39 is 9.84 Å². The van der Waals surface area contributed by atoms with E-state index in [0.29, 0.717) is 16.6 Å². The van der Waals surface area contributed by atoms with E-state index in [4.69, 9.17) is 5.26 Å². The molecule has 0 unspecified atom stereocenters. The van der Waals surface area contributed by atoms with Gasteiger partial charge in [-0.05, 0) is 34.1 Å². The number of rotatable bonds is 5. The minimum absolute atomic E-state index is 0.112. The van der Waals surface area contributed by atoms with Crippen molar-refractivity contribution in [1.29, 1.82) is 5.26 Å². The van der Waals surface area contributed by atoms with Crippen LogP contribution in [0, 0.1) is 11.3 Å². The van der Waals surface area contributed by atoms with E-state index in [1.165, 1.54) is 0 Å². The van der Waals surface area contributed by atoms with Crippen LogP contribution in [-0.2, 0) is 9.84 Å². The summed E-state index contributed by atoms with van der Waals surface area (Å²) in [7, 11) is -2.94. The van der Waals surface area contributed by atoms with Gasteiger partial charge in [0.05, 0.1) is 11.3 Å². The number of hydrogen-bond acceptors (Lipinski definition) is 4. The molecule has 1 aromatic rings. The molecule has 0 heterocycles. The number of halogens is 1. The third kappa shape index (κ3) is 4.36. The summed E-state index contributed by atoms with van der Waals surface area (Å²) in [5.74, 6) is 0.271. The molecule has 0 aromatic heterocycles. The first-order valence-electron chi connectivity index (χ1n) is 5.12. The summed E-state index contributed by atoms with van der Waals surface area (Å²) in [6, 6.07) is 7.24. The Balaban J connectivity index is 2.60. The fourth-order valence-electron chi connectivity index (χ4n) is 1.21. The normalized spacial score (nSPS) is 10.9. The van der Waals surface area contributed by atoms with Gasteiger partial charge in [0.2, 0.25) is 0 Å². The van der Waals surface area contributed by atoms with E-state index >= 15 is 0 Å². The van der Waals surface area contributed by atoms with Gasteiger partial charge in [0, 0.05) is 22.5 Å². The third-order valence-corrected chi connectivity index (χ3v) is 4.63. The van der Waals surface area contributed by atoms with E-state index in [9.17, 15) is 8.42 Å². The van der Waals surface area contributed by atoms with Crippen molar-refractivity contribution in [2.75, 3.05) is 23.4 Å². The second-order valence-electron chi connectivity index (χ2n) is 3.47. The predicted molar refractivity (Wildman–Crippen MR) is 71.7 cm³/mol. The summed E-state index contributed by atoms with van der Waals surface area (Å²) in [5.41, 5.74) is 1.35. The third-order valence-electron chi connectivity index (χ3n) is 2.27. The van der Waals surface area contributed by atoms with Crippen LogP contribution in [0.3, 0.4) is 0 Å². The van der Waals surface area contributed by atoms with Crippen LogP contribution in [0.2, 0.25) is 0 Å². The van der Waals surface area contributed by atoms with Crippen molar-refractivity contribution in [3.05, 3.63) is 28.2 Å². The lowest BCUT2D eigenvalue weighted by Crippen LogP contribution is -2.17. The van der Waals surface area contributed by atoms with Crippen molar-refractivity contribution in [2.45, 2.75) is 6.92 Å². The number of anilines is 1. The van der Waals surface area contributed by atoms with Gasteiger partial charge in [-0.1, -0.05) is 6.92 Å². The standard InChI is InChI=1S/C11H13BrN2O2S/c1-2-17(15,16)6-5-14-10-4-3-9(8-13)11(12)7-10/h3-4,7,14H,2,5-6H2,1H3. The lowest BCUT2D eigenvalue weighted by molar-refractivity contribution is 0.597. The van der Waals surface area contributed by atoms with Crippen LogP contribution in [0.4, 0.5) is 5.69 Å². The summed E-state index contributed by atoms with van der Waals surface area (Å²) in [6.07, 6.45) is 0. The smallest absolute Gasteiger partial charge is 0.151 e. The Labute approximate surface area is 110 Å². The van der Waals surface area contributed by atoms with Crippen molar-refractivity contribution < 1.29 is 8.42 Å². The Bertz CT molecular complexity index is 535. The van der Waals surface area contributed by atoms with Gasteiger partial charge >= 0.3 is 0 Å². The second-order valence-corrected chi connectivity index (χ2v) is 6.80. The number of nitrogens with zero attached hydrogens (tertiary/aromatic N) is 1. The molecule has 0 aliphatic rings. The van der Waals surface area contributed by atoms with Crippen LogP contribution in [-0.4, -0.2) is 26.5 Å². The van der Waals surface area contributed by atoms with Gasteiger partial charge in [0.1, 0.15) is 6.07 Å². The summed E-state index contributed by atoms with van der Waals surface area (Å²) in [6.45, 7) is 2.00. The molecule has 0 aliphatic carbocycles. The van der Waals surface area contributed by atoms with Gasteiger partial charge in [-0.15, -0.1) is 0 Å². The monoisotopic (exact) mass is 316 g/mol. The zero-order valence-electron chi connectivity index (χ0n) is 9.40. The number of hydrogen-bond donors (Lipinski definition) is 1. The molecule has 0 spiro atoms. The number of nitriles is 1. The molecule has 0 bridgehead atoms. The van der Waals surface area contributed by atoms with Crippen molar-refractivity contribution in [2.24, 2.45) is 0 Å². The molecule has 0 atom stereocenters. The number of nitrogens with one attached hydrogen (secondary N) is 1. The Morgan fingerprint density at radius 3 is 2.71 bits per heavy atom. The van der Waals surface area contributed by atoms with Crippen molar-refractivity contribution >= 4 is 31.5 Å². The summed E-state index contributed by atoms with van der Waals surface area (Å²) >= 11 is 3.27. The van der Waals surface area contributed by atoms with Crippen molar-refractivity contribution in [3.63, 3.8) is 0 Å². The first kappa shape index (κ1) is 14.0. The van der Waals surface area contributed by atoms with Crippen LogP contribution in [0.25, 0.3) is 0 Å². The van der Waals surface area contributed by atoms with E-state index in [2.05, 4.69) is 21.2 Å². The first-order chi connectivity index (χ1) is 7.98. The molecule has 1 aromatic carbocycles. The maximum Gasteiger partial charge on any atom is 0.151 e. The number of benzene rings is 1. The summed E-state index contributed by atoms with van der Waals surface area (Å²) < 4.78 is 23.2. The minimum Gasteiger partial charge on any atom is -0.384 e. The Kier molecular flexibility index (Phi) is 4.97. The van der Waals surface area contributed by atoms with Crippen molar-refractivity contribution in [3.8, 4) is 6.07 Å². The van der Waals surface area contributed by atoms with Crippen molar-refractivity contribution in [1.82, 2.24) is 0 Å². The molecule has 4 nitrogen and oxygen atoms in total. The summed E-state index contributed by atoms with van der Waals surface area (Å²) in [5, 5.41) is 11.8. The van der Waals surface area contributed by atoms with Gasteiger partial charge in [-0.3, -0.25) is 0 Å². The maximum absolute atomic E-state index is 11.3. The maximum atomic E-state index is 11.3. The molecule has 0 radical (unpaired) electrons. The molecule has 0 amide bonds. The van der Waals surface area contributed by atoms with Crippen LogP contribution in [0.5, 0.6) is 0 Å². The zero-order chi connectivity index (χ0) is 12.9. The molecule has 0 fully saturated rings. The SMILES string of the molecule is CCS(=O)(=O)CCNc1ccc(C#N)c(Br)c1. The Morgan fingerprint density at radius 2 is 2.18 bits per heavy atom. The molecule has 0 aliphatic heterocycles. The highest BCUT2D eigenvalue weighted by Crippen LogP contribution is 2.20. The van der Waals surface area contributed by atoms with Crippen LogP contribution in [0.1, 0.15) is 12.5 Å². The lowest BCUT2D eigenvalue weighted by Gasteiger charge is -2.07. The van der Waals surface area contributed by atoms with Gasteiger partial charge in [-0.2, -0.15) is 5.26 Å². The van der Waals surface area contributed by atoms with Crippen LogP contribution < -0.4 is 5.32 Å². The molecule has 1 N–H and O–H groups in total. The zero-order valence-corrected chi connectivity index (χ0v) is 11.8. The molecule has 0 saturated carbocycles. The van der Waals surface area contributed by atoms with Crippen LogP contribution >= 0.6 is 15.9 Å². The average molecular weight is 317 g/mol. The topological polar surface area (TPSA) is 70.0 Å². The van der Waals surface area contributed by atoms with E-state index in [1.54, 1.807) is 25.1 Å². The Hall–Kier alpha value is -1.06. The van der Waals surface area contributed by atoms with Gasteiger partial charge in [0.15, 0.2) is 9.84 Å². The molecule has 1 rings (SSSR count). The molecule has 17 heavy (non-hydrogen) atoms. The molecular weight excluding hydrogens is 304 g/mol. The van der Waals surface area contributed by atoms with E-state index in [-0.39, 0.29) is 11.5 Å². The highest BCUT2D eigenvalue weighted by molar-refractivity contribution is 9.10. The summed E-state index contributed by atoms with van der Waals surface area (Å²) in [4.78, 5) is 0. The largest absolute Gasteiger partial charge is 0.384 e. The van der Waals surface area contributed by atoms with E-state index in [0.717, 1.165) is 5.69 Å². The fraction of sp³-hybridized carbons (Fsp3) is 0.364. The highest BCUT2D eigenvalue weighted by atomic mass is 79.9. The number of sulfone groups is 1. The molecular formula is C11H13BrN2O2S. The highest BCUT2D eigenvalue weighted by Gasteiger charge is 2.06. The lowest BCUT2D eigenvalue weighted by atomic mass is 10.2. The predicted octanol–water partition coefficient (Wildman–Crippen LogP) is 2.17. The second kappa shape index (κ2) is 6.03. The molecule has 92 valence electrons. The Morgan fingerprint density at radius 1 is 1.47 bits per heavy atom. The minimum atomic E-state index is -2.94. The van der Waals surface area contributed by atoms with Crippen LogP contribution in [0.15, 0.2) is 22.7 Å². The van der Waals surface area contributed by atoms with E-state index in [1.807, 2.05) is 6.07 Å². The quantitative estimate of drug-likeness (QED) is 0.903. The van der Waals surface area contributed by atoms with Gasteiger partial charge in [-0.25, -0.2) is 8.42 Å². The average Bonchev–Trinajstić information content (AvgIpc) is 2.29.